The van der Waals surface area contributed by atoms with E-state index in [4.69, 9.17) is 5.11 Å². The number of para-hydroxylation sites is 1. The number of aliphatic carboxylic acids is 1. The molecule has 1 amide bonds. The second-order valence-corrected chi connectivity index (χ2v) is 5.13. The number of carbonyl (C=O) groups excluding carboxylic acids is 1. The molecule has 7 heteroatoms. The van der Waals surface area contributed by atoms with Gasteiger partial charge in [-0.3, -0.25) is 14.2 Å². The largest absolute Gasteiger partial charge is 0.480 e. The summed E-state index contributed by atoms with van der Waals surface area (Å²) in [4.78, 5) is 39.2. The maximum Gasteiger partial charge on any atom is 0.329 e. The van der Waals surface area contributed by atoms with Gasteiger partial charge in [-0.2, -0.15) is 0 Å². The summed E-state index contributed by atoms with van der Waals surface area (Å²) in [6.45, 7) is -0.244. The van der Waals surface area contributed by atoms with Crippen molar-refractivity contribution < 1.29 is 14.7 Å². The number of carboxylic acid groups (broad SMARTS) is 1. The van der Waals surface area contributed by atoms with E-state index < -0.39 is 17.4 Å². The molecule has 0 saturated heterocycles. The second-order valence-electron chi connectivity index (χ2n) is 5.13. The van der Waals surface area contributed by atoms with Gasteiger partial charge in [0.2, 0.25) is 5.91 Å². The Hall–Kier alpha value is -2.70. The monoisotopic (exact) mass is 287 g/mol. The van der Waals surface area contributed by atoms with Gasteiger partial charge < -0.3 is 10.4 Å². The summed E-state index contributed by atoms with van der Waals surface area (Å²) in [5.41, 5.74) is -0.912. The molecule has 0 bridgehead atoms. The van der Waals surface area contributed by atoms with E-state index in [9.17, 15) is 14.4 Å². The van der Waals surface area contributed by atoms with E-state index in [0.717, 1.165) is 0 Å². The molecule has 0 aliphatic heterocycles. The SMILES string of the molecule is O=C(Cn1cnc2ccccc2c1=O)NC1(C(=O)O)CC1. The molecule has 1 aliphatic rings. The lowest BCUT2D eigenvalue weighted by atomic mass is 10.2. The van der Waals surface area contributed by atoms with Crippen LogP contribution in [-0.2, 0) is 16.1 Å². The molecular weight excluding hydrogens is 274 g/mol. The number of carboxylic acids is 1. The maximum atomic E-state index is 12.2. The van der Waals surface area contributed by atoms with Gasteiger partial charge in [-0.1, -0.05) is 12.1 Å². The standard InChI is InChI=1S/C14H13N3O4/c18-11(16-14(5-6-14)13(20)21)7-17-8-15-10-4-2-1-3-9(10)12(17)19/h1-4,8H,5-7H2,(H,16,18)(H,20,21). The molecule has 21 heavy (non-hydrogen) atoms. The molecule has 1 aliphatic carbocycles. The lowest BCUT2D eigenvalue weighted by Crippen LogP contribution is -2.45. The van der Waals surface area contributed by atoms with Gasteiger partial charge >= 0.3 is 5.97 Å². The number of amides is 1. The van der Waals surface area contributed by atoms with Crippen LogP contribution in [0.4, 0.5) is 0 Å². The molecular formula is C14H13N3O4. The highest BCUT2D eigenvalue weighted by molar-refractivity contribution is 5.89. The van der Waals surface area contributed by atoms with E-state index in [1.165, 1.54) is 10.9 Å². The van der Waals surface area contributed by atoms with Crippen LogP contribution >= 0.6 is 0 Å². The molecule has 108 valence electrons. The minimum absolute atomic E-state index is 0.244. The van der Waals surface area contributed by atoms with Gasteiger partial charge in [0.05, 0.1) is 17.2 Å². The zero-order chi connectivity index (χ0) is 15.0. The van der Waals surface area contributed by atoms with Crippen molar-refractivity contribution >= 4 is 22.8 Å². The van der Waals surface area contributed by atoms with Crippen LogP contribution in [-0.4, -0.2) is 32.1 Å². The van der Waals surface area contributed by atoms with Crippen molar-refractivity contribution in [2.24, 2.45) is 0 Å². The number of hydrogen-bond donors (Lipinski definition) is 2. The van der Waals surface area contributed by atoms with Gasteiger partial charge in [0.1, 0.15) is 12.1 Å². The number of benzene rings is 1. The summed E-state index contributed by atoms with van der Waals surface area (Å²) < 4.78 is 1.18. The molecule has 1 fully saturated rings. The number of hydrogen-bond acceptors (Lipinski definition) is 4. The fourth-order valence-corrected chi connectivity index (χ4v) is 2.20. The Morgan fingerprint density at radius 3 is 2.71 bits per heavy atom. The lowest BCUT2D eigenvalue weighted by Gasteiger charge is -2.13. The third kappa shape index (κ3) is 2.37. The van der Waals surface area contributed by atoms with Crippen LogP contribution in [0.2, 0.25) is 0 Å². The number of nitrogens with zero attached hydrogens (tertiary/aromatic N) is 2. The van der Waals surface area contributed by atoms with Crippen molar-refractivity contribution in [1.82, 2.24) is 14.9 Å². The molecule has 0 atom stereocenters. The highest BCUT2D eigenvalue weighted by Crippen LogP contribution is 2.35. The molecule has 1 heterocycles. The molecule has 0 radical (unpaired) electrons. The Labute approximate surface area is 119 Å². The summed E-state index contributed by atoms with van der Waals surface area (Å²) in [5.74, 6) is -1.55. The highest BCUT2D eigenvalue weighted by atomic mass is 16.4. The Morgan fingerprint density at radius 2 is 2.05 bits per heavy atom. The van der Waals surface area contributed by atoms with E-state index in [0.29, 0.717) is 23.7 Å². The Balaban J connectivity index is 1.82. The molecule has 2 N–H and O–H groups in total. The smallest absolute Gasteiger partial charge is 0.329 e. The number of nitrogens with one attached hydrogen (secondary N) is 1. The Morgan fingerprint density at radius 1 is 1.33 bits per heavy atom. The summed E-state index contributed by atoms with van der Waals surface area (Å²) in [7, 11) is 0. The van der Waals surface area contributed by atoms with E-state index >= 15 is 0 Å². The van der Waals surface area contributed by atoms with Crippen molar-refractivity contribution in [2.75, 3.05) is 0 Å². The average Bonchev–Trinajstić information content (AvgIpc) is 3.23. The molecule has 1 saturated carbocycles. The first-order valence-corrected chi connectivity index (χ1v) is 6.50. The van der Waals surface area contributed by atoms with Crippen LogP contribution < -0.4 is 10.9 Å². The molecule has 1 aromatic carbocycles. The highest BCUT2D eigenvalue weighted by Gasteiger charge is 2.51. The van der Waals surface area contributed by atoms with Crippen LogP contribution in [0.15, 0.2) is 35.4 Å². The van der Waals surface area contributed by atoms with Gasteiger partial charge in [-0.05, 0) is 25.0 Å². The molecule has 7 nitrogen and oxygen atoms in total. The molecule has 0 unspecified atom stereocenters. The third-order valence-electron chi connectivity index (χ3n) is 3.58. The normalized spacial score (nSPS) is 15.6. The minimum Gasteiger partial charge on any atom is -0.480 e. The zero-order valence-electron chi connectivity index (χ0n) is 11.1. The van der Waals surface area contributed by atoms with E-state index in [1.54, 1.807) is 24.3 Å². The number of rotatable bonds is 4. The van der Waals surface area contributed by atoms with E-state index in [2.05, 4.69) is 10.3 Å². The minimum atomic E-state index is -1.15. The molecule has 1 aromatic heterocycles. The summed E-state index contributed by atoms with van der Waals surface area (Å²) in [6, 6.07) is 6.85. The fraction of sp³-hybridized carbons (Fsp3) is 0.286. The van der Waals surface area contributed by atoms with Crippen LogP contribution in [0, 0.1) is 0 Å². The van der Waals surface area contributed by atoms with Crippen molar-refractivity contribution in [3.05, 3.63) is 40.9 Å². The first kappa shape index (κ1) is 13.3. The molecule has 3 rings (SSSR count). The van der Waals surface area contributed by atoms with Crippen molar-refractivity contribution in [3.8, 4) is 0 Å². The van der Waals surface area contributed by atoms with Gasteiger partial charge in [0, 0.05) is 0 Å². The van der Waals surface area contributed by atoms with Crippen molar-refractivity contribution in [1.29, 1.82) is 0 Å². The van der Waals surface area contributed by atoms with Crippen LogP contribution in [0.1, 0.15) is 12.8 Å². The number of fused-ring (bicyclic) bond motifs is 1. The topological polar surface area (TPSA) is 101 Å². The quantitative estimate of drug-likeness (QED) is 0.832. The summed E-state index contributed by atoms with van der Waals surface area (Å²) in [5, 5.41) is 11.9. The van der Waals surface area contributed by atoms with E-state index in [-0.39, 0.29) is 12.1 Å². The van der Waals surface area contributed by atoms with Gasteiger partial charge in [-0.25, -0.2) is 9.78 Å². The summed E-state index contributed by atoms with van der Waals surface area (Å²) in [6.07, 6.45) is 2.13. The Bertz CT molecular complexity index is 792. The number of aromatic nitrogens is 2. The third-order valence-corrected chi connectivity index (χ3v) is 3.58. The fourth-order valence-electron chi connectivity index (χ4n) is 2.20. The predicted octanol–water partition coefficient (Wildman–Crippen LogP) is 0.130. The molecule has 0 spiro atoms. The first-order valence-electron chi connectivity index (χ1n) is 6.50. The van der Waals surface area contributed by atoms with Gasteiger partial charge in [0.15, 0.2) is 0 Å². The predicted molar refractivity (Wildman–Crippen MR) is 73.7 cm³/mol. The van der Waals surface area contributed by atoms with Crippen LogP contribution in [0.3, 0.4) is 0 Å². The van der Waals surface area contributed by atoms with Crippen molar-refractivity contribution in [3.63, 3.8) is 0 Å². The lowest BCUT2D eigenvalue weighted by molar-refractivity contribution is -0.143. The first-order chi connectivity index (χ1) is 10.0. The second kappa shape index (κ2) is 4.69. The maximum absolute atomic E-state index is 12.2. The van der Waals surface area contributed by atoms with Crippen LogP contribution in [0.25, 0.3) is 10.9 Å². The zero-order valence-corrected chi connectivity index (χ0v) is 11.1. The molecule has 2 aromatic rings. The van der Waals surface area contributed by atoms with E-state index in [1.807, 2.05) is 0 Å². The van der Waals surface area contributed by atoms with Crippen LogP contribution in [0.5, 0.6) is 0 Å². The average molecular weight is 287 g/mol. The van der Waals surface area contributed by atoms with Crippen molar-refractivity contribution in [2.45, 2.75) is 24.9 Å². The van der Waals surface area contributed by atoms with Gasteiger partial charge in [-0.15, -0.1) is 0 Å². The summed E-state index contributed by atoms with van der Waals surface area (Å²) >= 11 is 0. The number of carbonyl (C=O) groups is 2. The van der Waals surface area contributed by atoms with Gasteiger partial charge in [0.25, 0.3) is 5.56 Å². The Kier molecular flexibility index (Phi) is 2.97.